The average Bonchev–Trinajstić information content (AvgIpc) is 2.49. The number of esters is 4. The number of ether oxygens (including phenoxy) is 2. The monoisotopic (exact) mass is 412 g/mol. The Morgan fingerprint density at radius 1 is 0.690 bits per heavy atom. The van der Waals surface area contributed by atoms with Crippen LogP contribution < -0.4 is 0 Å². The van der Waals surface area contributed by atoms with E-state index in [-0.39, 0.29) is 12.3 Å². The fraction of sp³-hybridized carbons (Fsp3) is 0.826. The summed E-state index contributed by atoms with van der Waals surface area (Å²) in [6.45, 7) is 17.9. The third kappa shape index (κ3) is 9.55. The predicted molar refractivity (Wildman–Crippen MR) is 112 cm³/mol. The minimum atomic E-state index is -1.21. The number of rotatable bonds is 8. The quantitative estimate of drug-likeness (QED) is 0.408. The lowest BCUT2D eigenvalue weighted by Crippen LogP contribution is -2.41. The summed E-state index contributed by atoms with van der Waals surface area (Å²) in [6.07, 6.45) is 1.11. The van der Waals surface area contributed by atoms with E-state index in [1.807, 2.05) is 27.7 Å². The van der Waals surface area contributed by atoms with Gasteiger partial charge in [0.2, 0.25) is 0 Å². The van der Waals surface area contributed by atoms with Crippen LogP contribution in [0.5, 0.6) is 0 Å². The molecule has 29 heavy (non-hydrogen) atoms. The van der Waals surface area contributed by atoms with Gasteiger partial charge in [0.25, 0.3) is 0 Å². The highest BCUT2D eigenvalue weighted by atomic mass is 16.6. The van der Waals surface area contributed by atoms with E-state index >= 15 is 0 Å². The van der Waals surface area contributed by atoms with Gasteiger partial charge in [0, 0.05) is 0 Å². The molecule has 0 aromatic carbocycles. The smallest absolute Gasteiger partial charge is 0.320 e. The standard InChI is InChI=1S/C23H40O6/c1-15(2)11-12-23(13-16(3)4,20(27)29-19(26)22(8,9)10)14-17(24)28-18(25)21(5,6)7/h15-16H,11-14H2,1-10H3. The van der Waals surface area contributed by atoms with Crippen LogP contribution in [0.1, 0.15) is 94.9 Å². The number of hydrogen-bond donors (Lipinski definition) is 0. The molecule has 168 valence electrons. The molecule has 0 heterocycles. The van der Waals surface area contributed by atoms with Gasteiger partial charge < -0.3 is 9.47 Å². The van der Waals surface area contributed by atoms with Gasteiger partial charge >= 0.3 is 23.9 Å². The van der Waals surface area contributed by atoms with Crippen LogP contribution in [0.3, 0.4) is 0 Å². The minimum absolute atomic E-state index is 0.0746. The highest BCUT2D eigenvalue weighted by molar-refractivity contribution is 5.95. The lowest BCUT2D eigenvalue weighted by Gasteiger charge is -2.33. The van der Waals surface area contributed by atoms with E-state index in [1.165, 1.54) is 0 Å². The Kier molecular flexibility index (Phi) is 9.74. The van der Waals surface area contributed by atoms with Crippen LogP contribution in [0.25, 0.3) is 0 Å². The summed E-state index contributed by atoms with van der Waals surface area (Å²) in [5, 5.41) is 0. The fourth-order valence-electron chi connectivity index (χ4n) is 2.78. The second kappa shape index (κ2) is 10.4. The molecule has 0 aromatic rings. The van der Waals surface area contributed by atoms with E-state index in [4.69, 9.17) is 9.47 Å². The maximum absolute atomic E-state index is 13.2. The van der Waals surface area contributed by atoms with Crippen molar-refractivity contribution in [3.8, 4) is 0 Å². The molecular formula is C23H40O6. The van der Waals surface area contributed by atoms with Gasteiger partial charge in [-0.3, -0.25) is 19.2 Å². The zero-order valence-electron chi connectivity index (χ0n) is 19.9. The first kappa shape index (κ1) is 27.3. The van der Waals surface area contributed by atoms with Gasteiger partial charge in [-0.05, 0) is 72.6 Å². The Morgan fingerprint density at radius 3 is 1.52 bits per heavy atom. The van der Waals surface area contributed by atoms with Crippen molar-refractivity contribution in [3.63, 3.8) is 0 Å². The molecule has 0 saturated heterocycles. The highest BCUT2D eigenvalue weighted by Gasteiger charge is 2.45. The van der Waals surface area contributed by atoms with Gasteiger partial charge in [0.15, 0.2) is 0 Å². The Balaban J connectivity index is 5.85. The van der Waals surface area contributed by atoms with Crippen molar-refractivity contribution < 1.29 is 28.7 Å². The van der Waals surface area contributed by atoms with Crippen molar-refractivity contribution >= 4 is 23.9 Å². The van der Waals surface area contributed by atoms with Gasteiger partial charge in [0.1, 0.15) is 0 Å². The van der Waals surface area contributed by atoms with Gasteiger partial charge in [-0.2, -0.15) is 0 Å². The second-order valence-corrected chi connectivity index (χ2v) is 10.9. The third-order valence-corrected chi connectivity index (χ3v) is 4.53. The average molecular weight is 413 g/mol. The highest BCUT2D eigenvalue weighted by Crippen LogP contribution is 2.39. The molecular weight excluding hydrogens is 372 g/mol. The molecule has 0 saturated carbocycles. The largest absolute Gasteiger partial charge is 0.393 e. The second-order valence-electron chi connectivity index (χ2n) is 10.9. The molecule has 6 heteroatoms. The number of hydrogen-bond acceptors (Lipinski definition) is 6. The summed E-state index contributed by atoms with van der Waals surface area (Å²) < 4.78 is 10.2. The Hall–Kier alpha value is -1.72. The Labute approximate surface area is 176 Å². The molecule has 0 N–H and O–H groups in total. The lowest BCUT2D eigenvalue weighted by molar-refractivity contribution is -0.179. The van der Waals surface area contributed by atoms with Crippen LogP contribution >= 0.6 is 0 Å². The summed E-state index contributed by atoms with van der Waals surface area (Å²) in [4.78, 5) is 50.2. The molecule has 0 aliphatic rings. The van der Waals surface area contributed by atoms with Crippen molar-refractivity contribution in [1.82, 2.24) is 0 Å². The molecule has 0 aliphatic carbocycles. The van der Waals surface area contributed by atoms with E-state index in [2.05, 4.69) is 0 Å². The van der Waals surface area contributed by atoms with Gasteiger partial charge in [-0.25, -0.2) is 0 Å². The predicted octanol–water partition coefficient (Wildman–Crippen LogP) is 5.08. The Bertz CT molecular complexity index is 604. The molecule has 1 unspecified atom stereocenters. The number of carbonyl (C=O) groups excluding carboxylic acids is 4. The third-order valence-electron chi connectivity index (χ3n) is 4.53. The fourth-order valence-corrected chi connectivity index (χ4v) is 2.78. The topological polar surface area (TPSA) is 86.7 Å². The van der Waals surface area contributed by atoms with Gasteiger partial charge in [-0.15, -0.1) is 0 Å². The van der Waals surface area contributed by atoms with Crippen LogP contribution in [-0.2, 0) is 28.7 Å². The normalized spacial score (nSPS) is 14.5. The van der Waals surface area contributed by atoms with Crippen molar-refractivity contribution in [2.75, 3.05) is 0 Å². The van der Waals surface area contributed by atoms with Gasteiger partial charge in [-0.1, -0.05) is 27.7 Å². The summed E-state index contributed by atoms with van der Waals surface area (Å²) in [5.74, 6) is -2.41. The first-order chi connectivity index (χ1) is 12.9. The molecule has 0 amide bonds. The number of carbonyl (C=O) groups is 4. The summed E-state index contributed by atoms with van der Waals surface area (Å²) >= 11 is 0. The first-order valence-electron chi connectivity index (χ1n) is 10.4. The summed E-state index contributed by atoms with van der Waals surface area (Å²) in [7, 11) is 0. The molecule has 0 aromatic heterocycles. The molecule has 0 radical (unpaired) electrons. The van der Waals surface area contributed by atoms with Crippen molar-refractivity contribution in [2.24, 2.45) is 28.1 Å². The van der Waals surface area contributed by atoms with Crippen LogP contribution in [0.4, 0.5) is 0 Å². The van der Waals surface area contributed by atoms with Crippen molar-refractivity contribution in [1.29, 1.82) is 0 Å². The molecule has 6 nitrogen and oxygen atoms in total. The first-order valence-corrected chi connectivity index (χ1v) is 10.4. The van der Waals surface area contributed by atoms with Crippen LogP contribution in [0.2, 0.25) is 0 Å². The maximum atomic E-state index is 13.2. The SMILES string of the molecule is CC(C)CCC(CC(=O)OC(=O)C(C)(C)C)(CC(C)C)C(=O)OC(=O)C(C)(C)C. The van der Waals surface area contributed by atoms with E-state index in [9.17, 15) is 19.2 Å². The van der Waals surface area contributed by atoms with E-state index < -0.39 is 40.1 Å². The molecule has 0 bridgehead atoms. The zero-order valence-corrected chi connectivity index (χ0v) is 19.9. The van der Waals surface area contributed by atoms with Crippen molar-refractivity contribution in [3.05, 3.63) is 0 Å². The lowest BCUT2D eigenvalue weighted by atomic mass is 9.72. The zero-order chi connectivity index (χ0) is 23.2. The van der Waals surface area contributed by atoms with E-state index in [0.717, 1.165) is 0 Å². The van der Waals surface area contributed by atoms with Crippen molar-refractivity contribution in [2.45, 2.75) is 94.9 Å². The summed E-state index contributed by atoms with van der Waals surface area (Å²) in [5.41, 5.74) is -2.90. The Morgan fingerprint density at radius 2 is 1.14 bits per heavy atom. The van der Waals surface area contributed by atoms with Crippen LogP contribution in [0, 0.1) is 28.1 Å². The van der Waals surface area contributed by atoms with Gasteiger partial charge in [0.05, 0.1) is 22.7 Å². The molecule has 0 aliphatic heterocycles. The molecule has 0 spiro atoms. The van der Waals surface area contributed by atoms with Crippen LogP contribution in [-0.4, -0.2) is 23.9 Å². The van der Waals surface area contributed by atoms with Crippen LogP contribution in [0.15, 0.2) is 0 Å². The van der Waals surface area contributed by atoms with E-state index in [0.29, 0.717) is 25.2 Å². The summed E-state index contributed by atoms with van der Waals surface area (Å²) in [6, 6.07) is 0. The minimum Gasteiger partial charge on any atom is -0.393 e. The van der Waals surface area contributed by atoms with E-state index in [1.54, 1.807) is 41.5 Å². The molecule has 1 atom stereocenters. The maximum Gasteiger partial charge on any atom is 0.320 e. The molecule has 0 rings (SSSR count). The molecule has 0 fully saturated rings.